The minimum atomic E-state index is -6.02. The lowest BCUT2D eigenvalue weighted by atomic mass is 9.61. The van der Waals surface area contributed by atoms with Gasteiger partial charge in [-0.2, -0.15) is 0 Å². The van der Waals surface area contributed by atoms with Crippen LogP contribution in [0.15, 0.2) is 200 Å². The fourth-order valence-electron chi connectivity index (χ4n) is 9.84. The fraction of sp³-hybridized carbons (Fsp3) is 0.145. The maximum absolute atomic E-state index is 10.3. The van der Waals surface area contributed by atoms with Crippen molar-refractivity contribution in [2.75, 3.05) is 4.90 Å². The van der Waals surface area contributed by atoms with Gasteiger partial charge in [-0.1, -0.05) is 171 Å². The van der Waals surface area contributed by atoms with E-state index in [1.54, 1.807) is 18.2 Å². The molecule has 7 aromatic carbocycles. The smallest absolute Gasteiger partial charge is 0.179 e. The SMILES string of the molecule is [2H]c1c([2H])c([2H])c([Si](c2c([2H])c([2H])c([2H])c([2H])c2[2H])(c2c([2H])c([2H])c([2H])c([2H])c2[2H])c2c([2H])c([2H])c([2H])c(-c3cccc(-n4c5ccccc5c5cc(N6c7ncccc7C7(C)CCCCC67C)ccc54)c3)c2[2H])c([2H])c1[2H]. The minimum absolute atomic E-state index is 0.0927. The molecule has 3 heterocycles. The molecule has 1 fully saturated rings. The summed E-state index contributed by atoms with van der Waals surface area (Å²) in [6, 6.07) is 6.10. The van der Waals surface area contributed by atoms with Crippen molar-refractivity contribution in [2.24, 2.45) is 0 Å². The Morgan fingerprint density at radius 2 is 1.22 bits per heavy atom. The van der Waals surface area contributed by atoms with Crippen LogP contribution in [0, 0.1) is 0 Å². The van der Waals surface area contributed by atoms with Crippen molar-refractivity contribution in [3.63, 3.8) is 0 Å². The van der Waals surface area contributed by atoms with Gasteiger partial charge in [0.15, 0.2) is 8.07 Å². The molecule has 0 N–H and O–H groups in total. The lowest BCUT2D eigenvalue weighted by molar-refractivity contribution is 0.195. The topological polar surface area (TPSA) is 21.1 Å². The molecule has 59 heavy (non-hydrogen) atoms. The predicted octanol–water partition coefficient (Wildman–Crippen LogP) is 11.0. The Balaban J connectivity index is 1.23. The maximum Gasteiger partial charge on any atom is 0.179 e. The van der Waals surface area contributed by atoms with E-state index in [1.807, 2.05) is 47.2 Å². The van der Waals surface area contributed by atoms with Crippen molar-refractivity contribution < 1.29 is 26.0 Å². The highest BCUT2D eigenvalue weighted by atomic mass is 28.3. The van der Waals surface area contributed by atoms with E-state index >= 15 is 0 Å². The Bertz CT molecular complexity index is 3870. The molecule has 1 aliphatic heterocycles. The third-order valence-electron chi connectivity index (χ3n) is 12.8. The van der Waals surface area contributed by atoms with E-state index in [2.05, 4.69) is 36.9 Å². The maximum atomic E-state index is 10.3. The summed E-state index contributed by atoms with van der Waals surface area (Å²) in [7, 11) is -6.02. The lowest BCUT2D eigenvalue weighted by Gasteiger charge is -2.50. The molecule has 0 spiro atoms. The van der Waals surface area contributed by atoms with Crippen molar-refractivity contribution in [3.05, 3.63) is 205 Å². The van der Waals surface area contributed by atoms with Gasteiger partial charge >= 0.3 is 0 Å². The molecule has 1 aliphatic carbocycles. The average molecular weight is 797 g/mol. The van der Waals surface area contributed by atoms with E-state index in [0.717, 1.165) is 59.0 Å². The van der Waals surface area contributed by atoms with Gasteiger partial charge in [0.25, 0.3) is 0 Å². The minimum Gasteiger partial charge on any atom is -0.319 e. The quantitative estimate of drug-likeness (QED) is 0.118. The van der Waals surface area contributed by atoms with E-state index in [-0.39, 0.29) is 22.1 Å². The molecular weight excluding hydrogens is 731 g/mol. The molecule has 3 nitrogen and oxygen atoms in total. The highest BCUT2D eigenvalue weighted by molar-refractivity contribution is 7.19. The van der Waals surface area contributed by atoms with Gasteiger partial charge in [-0.15, -0.1) is 0 Å². The average Bonchev–Trinajstić information content (AvgIpc) is 4.02. The molecular formula is C55H47N3Si. The Kier molecular flexibility index (Phi) is 4.91. The van der Waals surface area contributed by atoms with Crippen LogP contribution in [0.25, 0.3) is 38.6 Å². The molecule has 0 amide bonds. The number of hydrogen-bond acceptors (Lipinski definition) is 2. The standard InChI is InChI=1S/C55H47N3Si/c1-54-34-14-15-35-55(54,2)58(53-50(54)30-18-36-56-53)43-32-33-52-49(39-43)48-29-12-13-31-51(48)57(52)42-21-16-19-40(37-42)41-20-17-28-47(38-41)59(44-22-6-3-7-23-44,45-24-8-4-9-25-45)46-26-10-5-11-27-46/h3-13,16-33,36-39H,14-15,34-35H2,1-2H3/i3D,4D,5D,6D,7D,8D,9D,10D,11D,17D,20D,22D,23D,24D,25D,26D,27D,28D,38D. The summed E-state index contributed by atoms with van der Waals surface area (Å²) < 4.78 is 177. The van der Waals surface area contributed by atoms with Crippen LogP contribution in [0.2, 0.25) is 0 Å². The molecule has 2 atom stereocenters. The summed E-state index contributed by atoms with van der Waals surface area (Å²) in [5, 5.41) is -1.70. The van der Waals surface area contributed by atoms with Crippen LogP contribution in [0.5, 0.6) is 0 Å². The second kappa shape index (κ2) is 13.8. The summed E-state index contributed by atoms with van der Waals surface area (Å²) in [6.07, 6.45) is 5.98. The highest BCUT2D eigenvalue weighted by Crippen LogP contribution is 2.60. The number of hydrogen-bond donors (Lipinski definition) is 0. The number of aromatic nitrogens is 2. The zero-order chi connectivity index (χ0) is 56.1. The Labute approximate surface area is 375 Å². The molecule has 11 rings (SSSR count). The molecule has 1 saturated carbocycles. The zero-order valence-electron chi connectivity index (χ0n) is 51.3. The zero-order valence-corrected chi connectivity index (χ0v) is 33.3. The largest absolute Gasteiger partial charge is 0.319 e. The summed E-state index contributed by atoms with van der Waals surface area (Å²) in [6.45, 7) is 4.65. The number of fused-ring (bicyclic) bond motifs is 6. The van der Waals surface area contributed by atoms with Gasteiger partial charge in [0.1, 0.15) is 5.82 Å². The Morgan fingerprint density at radius 3 is 1.95 bits per heavy atom. The van der Waals surface area contributed by atoms with Gasteiger partial charge in [-0.25, -0.2) is 4.98 Å². The van der Waals surface area contributed by atoms with Gasteiger partial charge in [-0.3, -0.25) is 0 Å². The summed E-state index contributed by atoms with van der Waals surface area (Å²) in [5.74, 6) is 0.918. The Hall–Kier alpha value is -6.49. The Morgan fingerprint density at radius 1 is 0.559 bits per heavy atom. The van der Waals surface area contributed by atoms with E-state index in [9.17, 15) is 13.7 Å². The van der Waals surface area contributed by atoms with Crippen molar-refractivity contribution in [1.29, 1.82) is 0 Å². The van der Waals surface area contributed by atoms with Crippen LogP contribution in [-0.4, -0.2) is 23.2 Å². The number of nitrogens with zero attached hydrogens (tertiary/aromatic N) is 3. The second-order valence-corrected chi connectivity index (χ2v) is 19.1. The van der Waals surface area contributed by atoms with Crippen LogP contribution in [0.4, 0.5) is 11.5 Å². The van der Waals surface area contributed by atoms with Gasteiger partial charge in [-0.05, 0) is 94.1 Å². The van der Waals surface area contributed by atoms with Crippen LogP contribution in [-0.2, 0) is 5.41 Å². The first kappa shape index (κ1) is 21.0. The molecule has 0 saturated heterocycles. The van der Waals surface area contributed by atoms with Gasteiger partial charge < -0.3 is 9.47 Å². The number of benzene rings is 7. The fourth-order valence-corrected chi connectivity index (χ4v) is 13.4. The molecule has 2 unspecified atom stereocenters. The number of anilines is 2. The monoisotopic (exact) mass is 796 g/mol. The van der Waals surface area contributed by atoms with Gasteiger partial charge in [0.2, 0.25) is 0 Å². The third-order valence-corrected chi connectivity index (χ3v) is 16.8. The van der Waals surface area contributed by atoms with E-state index in [0.29, 0.717) is 5.69 Å². The van der Waals surface area contributed by atoms with Gasteiger partial charge in [0.05, 0.1) is 42.6 Å². The van der Waals surface area contributed by atoms with Crippen LogP contribution in [0.3, 0.4) is 0 Å². The number of rotatable bonds is 7. The molecule has 286 valence electrons. The normalized spacial score (nSPS) is 23.4. The van der Waals surface area contributed by atoms with Gasteiger partial charge in [0, 0.05) is 39.3 Å². The van der Waals surface area contributed by atoms with Crippen LogP contribution < -0.4 is 25.6 Å². The number of para-hydroxylation sites is 1. The van der Waals surface area contributed by atoms with E-state index < -0.39 is 144 Å². The molecule has 9 aromatic rings. The molecule has 0 bridgehead atoms. The van der Waals surface area contributed by atoms with Crippen molar-refractivity contribution >= 4 is 62.1 Å². The van der Waals surface area contributed by atoms with Crippen molar-refractivity contribution in [1.82, 2.24) is 9.55 Å². The molecule has 2 aromatic heterocycles. The first-order valence-corrected chi connectivity index (χ1v) is 21.6. The number of pyridine rings is 1. The first-order valence-electron chi connectivity index (χ1n) is 29.1. The van der Waals surface area contributed by atoms with E-state index in [1.165, 1.54) is 11.6 Å². The molecule has 4 heteroatoms. The summed E-state index contributed by atoms with van der Waals surface area (Å²) >= 11 is 0. The highest BCUT2D eigenvalue weighted by Gasteiger charge is 2.58. The van der Waals surface area contributed by atoms with Crippen LogP contribution in [0.1, 0.15) is 71.1 Å². The molecule has 0 radical (unpaired) electrons. The lowest BCUT2D eigenvalue weighted by Crippen LogP contribution is -2.74. The van der Waals surface area contributed by atoms with Crippen molar-refractivity contribution in [2.45, 2.75) is 50.5 Å². The van der Waals surface area contributed by atoms with Crippen molar-refractivity contribution in [3.8, 4) is 16.8 Å². The predicted molar refractivity (Wildman–Crippen MR) is 250 cm³/mol. The second-order valence-electron chi connectivity index (χ2n) is 15.6. The van der Waals surface area contributed by atoms with Crippen LogP contribution >= 0.6 is 0 Å². The summed E-state index contributed by atoms with van der Waals surface area (Å²) in [5.41, 5.74) is 3.54. The van der Waals surface area contributed by atoms with E-state index in [4.69, 9.17) is 17.3 Å². The summed E-state index contributed by atoms with van der Waals surface area (Å²) in [4.78, 5) is 7.34. The first-order chi connectivity index (χ1) is 36.9. The third kappa shape index (κ3) is 5.29. The molecule has 2 aliphatic rings.